The van der Waals surface area contributed by atoms with Gasteiger partial charge in [0.2, 0.25) is 0 Å². The van der Waals surface area contributed by atoms with E-state index in [9.17, 15) is 0 Å². The predicted octanol–water partition coefficient (Wildman–Crippen LogP) is 2.69. The fourth-order valence-electron chi connectivity index (χ4n) is 3.27. The van der Waals surface area contributed by atoms with Gasteiger partial charge in [-0.05, 0) is 37.7 Å². The summed E-state index contributed by atoms with van der Waals surface area (Å²) in [6, 6.07) is 2.01. The molecule has 1 aliphatic carbocycles. The Morgan fingerprint density at radius 2 is 2.27 bits per heavy atom. The summed E-state index contributed by atoms with van der Waals surface area (Å²) in [5.74, 6) is 2.70. The first kappa shape index (κ1) is 16.8. The number of guanidine groups is 1. The maximum absolute atomic E-state index is 4.65. The maximum Gasteiger partial charge on any atom is 0.191 e. The fraction of sp³-hybridized carbons (Fsp3) is 0.765. The molecule has 2 rings (SSSR count). The largest absolute Gasteiger partial charge is 0.357 e. The first-order chi connectivity index (χ1) is 10.7. The van der Waals surface area contributed by atoms with Gasteiger partial charge in [-0.3, -0.25) is 4.68 Å². The molecule has 0 aliphatic heterocycles. The molecule has 1 aromatic heterocycles. The van der Waals surface area contributed by atoms with E-state index in [0.717, 1.165) is 36.6 Å². The molecule has 0 spiro atoms. The van der Waals surface area contributed by atoms with E-state index in [1.165, 1.54) is 32.1 Å². The summed E-state index contributed by atoms with van der Waals surface area (Å²) in [5.41, 5.74) is 1.12. The second-order valence-electron chi connectivity index (χ2n) is 6.49. The molecule has 0 amide bonds. The van der Waals surface area contributed by atoms with Crippen LogP contribution in [0.25, 0.3) is 0 Å². The standard InChI is InChI=1S/C17H31N5/c1-4-18-17(20-13-16-9-11-21-22(16)3)19-10-8-15-7-5-6-14(2)12-15/h9,11,14-15H,4-8,10,12-13H2,1-3H3,(H2,18,19,20). The highest BCUT2D eigenvalue weighted by Gasteiger charge is 2.18. The van der Waals surface area contributed by atoms with Crippen LogP contribution in [0.3, 0.4) is 0 Å². The molecule has 1 aliphatic rings. The molecule has 0 aromatic carbocycles. The molecule has 5 heteroatoms. The van der Waals surface area contributed by atoms with Crippen LogP contribution in [0.5, 0.6) is 0 Å². The number of aliphatic imine (C=N–C) groups is 1. The Hall–Kier alpha value is -1.52. The van der Waals surface area contributed by atoms with E-state index in [4.69, 9.17) is 0 Å². The summed E-state index contributed by atoms with van der Waals surface area (Å²) in [5, 5.41) is 11.0. The Morgan fingerprint density at radius 1 is 1.41 bits per heavy atom. The van der Waals surface area contributed by atoms with Gasteiger partial charge in [-0.2, -0.15) is 5.10 Å². The highest BCUT2D eigenvalue weighted by Crippen LogP contribution is 2.30. The van der Waals surface area contributed by atoms with Gasteiger partial charge in [0.15, 0.2) is 5.96 Å². The van der Waals surface area contributed by atoms with Gasteiger partial charge in [-0.15, -0.1) is 0 Å². The Kier molecular flexibility index (Phi) is 6.74. The third-order valence-corrected chi connectivity index (χ3v) is 4.56. The van der Waals surface area contributed by atoms with E-state index < -0.39 is 0 Å². The average molecular weight is 305 g/mol. The highest BCUT2D eigenvalue weighted by molar-refractivity contribution is 5.79. The lowest BCUT2D eigenvalue weighted by Crippen LogP contribution is -2.38. The maximum atomic E-state index is 4.65. The molecule has 1 fully saturated rings. The van der Waals surface area contributed by atoms with Crippen LogP contribution in [0.4, 0.5) is 0 Å². The Labute approximate surface area is 134 Å². The van der Waals surface area contributed by atoms with Gasteiger partial charge in [0.25, 0.3) is 0 Å². The lowest BCUT2D eigenvalue weighted by molar-refractivity contribution is 0.270. The van der Waals surface area contributed by atoms with Crippen LogP contribution >= 0.6 is 0 Å². The molecule has 2 atom stereocenters. The van der Waals surface area contributed by atoms with E-state index in [1.807, 2.05) is 24.0 Å². The molecule has 2 N–H and O–H groups in total. The zero-order valence-electron chi connectivity index (χ0n) is 14.3. The van der Waals surface area contributed by atoms with Crippen molar-refractivity contribution in [1.29, 1.82) is 0 Å². The summed E-state index contributed by atoms with van der Waals surface area (Å²) in [6.45, 7) is 7.04. The van der Waals surface area contributed by atoms with E-state index >= 15 is 0 Å². The molecule has 1 heterocycles. The van der Waals surface area contributed by atoms with Crippen LogP contribution in [-0.2, 0) is 13.6 Å². The van der Waals surface area contributed by atoms with E-state index in [0.29, 0.717) is 6.54 Å². The van der Waals surface area contributed by atoms with Crippen molar-refractivity contribution in [3.63, 3.8) is 0 Å². The smallest absolute Gasteiger partial charge is 0.191 e. The normalized spacial score (nSPS) is 22.6. The summed E-state index contributed by atoms with van der Waals surface area (Å²) >= 11 is 0. The fourth-order valence-corrected chi connectivity index (χ4v) is 3.27. The SMILES string of the molecule is CCNC(=NCc1ccnn1C)NCCC1CCCC(C)C1. The molecule has 1 aromatic rings. The van der Waals surface area contributed by atoms with E-state index in [-0.39, 0.29) is 0 Å². The van der Waals surface area contributed by atoms with Gasteiger partial charge in [0, 0.05) is 26.3 Å². The minimum atomic E-state index is 0.659. The first-order valence-electron chi connectivity index (χ1n) is 8.68. The highest BCUT2D eigenvalue weighted by atomic mass is 15.3. The molecule has 1 saturated carbocycles. The van der Waals surface area contributed by atoms with Gasteiger partial charge < -0.3 is 10.6 Å². The monoisotopic (exact) mass is 305 g/mol. The van der Waals surface area contributed by atoms with Crippen molar-refractivity contribution in [2.45, 2.75) is 52.5 Å². The molecule has 5 nitrogen and oxygen atoms in total. The number of rotatable bonds is 6. The molecule has 0 bridgehead atoms. The predicted molar refractivity (Wildman–Crippen MR) is 91.8 cm³/mol. The lowest BCUT2D eigenvalue weighted by atomic mass is 9.81. The molecule has 124 valence electrons. The van der Waals surface area contributed by atoms with Crippen molar-refractivity contribution in [3.8, 4) is 0 Å². The Bertz CT molecular complexity index is 465. The van der Waals surface area contributed by atoms with Crippen LogP contribution in [0.1, 0.15) is 51.6 Å². The van der Waals surface area contributed by atoms with Crippen molar-refractivity contribution in [2.75, 3.05) is 13.1 Å². The lowest BCUT2D eigenvalue weighted by Gasteiger charge is -2.26. The van der Waals surface area contributed by atoms with E-state index in [2.05, 4.69) is 34.6 Å². The zero-order chi connectivity index (χ0) is 15.8. The van der Waals surface area contributed by atoms with Crippen LogP contribution in [0, 0.1) is 11.8 Å². The quantitative estimate of drug-likeness (QED) is 0.627. The molecule has 2 unspecified atom stereocenters. The number of hydrogen-bond acceptors (Lipinski definition) is 2. The molecule has 0 saturated heterocycles. The van der Waals surface area contributed by atoms with Gasteiger partial charge >= 0.3 is 0 Å². The molecule has 22 heavy (non-hydrogen) atoms. The third kappa shape index (κ3) is 5.35. The van der Waals surface area contributed by atoms with Gasteiger partial charge in [-0.25, -0.2) is 4.99 Å². The van der Waals surface area contributed by atoms with E-state index in [1.54, 1.807) is 0 Å². The van der Waals surface area contributed by atoms with Crippen molar-refractivity contribution < 1.29 is 0 Å². The topological polar surface area (TPSA) is 54.2 Å². The average Bonchev–Trinajstić information content (AvgIpc) is 2.90. The van der Waals surface area contributed by atoms with Crippen LogP contribution in [-0.4, -0.2) is 28.8 Å². The summed E-state index contributed by atoms with van der Waals surface area (Å²) in [7, 11) is 1.95. The second-order valence-corrected chi connectivity index (χ2v) is 6.49. The molecular weight excluding hydrogens is 274 g/mol. The molecule has 0 radical (unpaired) electrons. The van der Waals surface area contributed by atoms with Gasteiger partial charge in [0.05, 0.1) is 12.2 Å². The minimum Gasteiger partial charge on any atom is -0.357 e. The van der Waals surface area contributed by atoms with Crippen molar-refractivity contribution in [1.82, 2.24) is 20.4 Å². The van der Waals surface area contributed by atoms with Crippen molar-refractivity contribution >= 4 is 5.96 Å². The third-order valence-electron chi connectivity index (χ3n) is 4.56. The number of nitrogens with one attached hydrogen (secondary N) is 2. The molecular formula is C17H31N5. The summed E-state index contributed by atoms with van der Waals surface area (Å²) in [4.78, 5) is 4.65. The Balaban J connectivity index is 1.77. The number of aryl methyl sites for hydroxylation is 1. The number of aromatic nitrogens is 2. The minimum absolute atomic E-state index is 0.659. The van der Waals surface area contributed by atoms with Gasteiger partial charge in [0.1, 0.15) is 0 Å². The Morgan fingerprint density at radius 3 is 2.95 bits per heavy atom. The van der Waals surface area contributed by atoms with Crippen molar-refractivity contribution in [3.05, 3.63) is 18.0 Å². The number of hydrogen-bond donors (Lipinski definition) is 2. The van der Waals surface area contributed by atoms with Crippen LogP contribution in [0.15, 0.2) is 17.3 Å². The van der Waals surface area contributed by atoms with Gasteiger partial charge in [-0.1, -0.05) is 26.2 Å². The number of nitrogens with zero attached hydrogens (tertiary/aromatic N) is 3. The first-order valence-corrected chi connectivity index (χ1v) is 8.68. The van der Waals surface area contributed by atoms with Crippen molar-refractivity contribution in [2.24, 2.45) is 23.9 Å². The van der Waals surface area contributed by atoms with Crippen LogP contribution < -0.4 is 10.6 Å². The second kappa shape index (κ2) is 8.81. The zero-order valence-corrected chi connectivity index (χ0v) is 14.3. The van der Waals surface area contributed by atoms with Crippen LogP contribution in [0.2, 0.25) is 0 Å². The summed E-state index contributed by atoms with van der Waals surface area (Å²) in [6.07, 6.45) is 8.67. The summed E-state index contributed by atoms with van der Waals surface area (Å²) < 4.78 is 1.87.